The number of hydrogen-bond acceptors (Lipinski definition) is 4. The number of ether oxygens (including phenoxy) is 2. The van der Waals surface area contributed by atoms with Gasteiger partial charge in [-0.25, -0.2) is 4.79 Å². The molecule has 1 atom stereocenters. The molecular weight excluding hydrogens is 286 g/mol. The van der Waals surface area contributed by atoms with Crippen LogP contribution in [-0.4, -0.2) is 12.3 Å². The highest BCUT2D eigenvalue weighted by Gasteiger charge is 2.25. The van der Waals surface area contributed by atoms with Gasteiger partial charge in [-0.05, 0) is 35.0 Å². The van der Waals surface area contributed by atoms with Gasteiger partial charge in [0, 0.05) is 11.6 Å². The summed E-state index contributed by atoms with van der Waals surface area (Å²) in [6.07, 6.45) is 0.802. The van der Waals surface area contributed by atoms with E-state index in [0.717, 1.165) is 0 Å². The van der Waals surface area contributed by atoms with Gasteiger partial charge in [-0.3, -0.25) is 0 Å². The second kappa shape index (κ2) is 4.60. The Kier molecular flexibility index (Phi) is 3.16. The molecule has 1 aliphatic heterocycles. The van der Waals surface area contributed by atoms with Crippen LogP contribution in [-0.2, 0) is 9.53 Å². The van der Waals surface area contributed by atoms with Crippen molar-refractivity contribution in [3.63, 3.8) is 0 Å². The standard InChI is InChI=1S/C12H8BrNO3/c1-7-5-10(17-12(7)15)16-11-8(6-14)3-2-4-9(11)13/h2-5,10H,1H3. The van der Waals surface area contributed by atoms with Crippen LogP contribution in [0.3, 0.4) is 0 Å². The molecule has 1 unspecified atom stereocenters. The lowest BCUT2D eigenvalue weighted by molar-refractivity contribution is -0.148. The van der Waals surface area contributed by atoms with Crippen molar-refractivity contribution in [2.75, 3.05) is 0 Å². The molecule has 0 spiro atoms. The van der Waals surface area contributed by atoms with Crippen molar-refractivity contribution in [1.82, 2.24) is 0 Å². The van der Waals surface area contributed by atoms with E-state index < -0.39 is 12.3 Å². The Morgan fingerprint density at radius 2 is 2.29 bits per heavy atom. The topological polar surface area (TPSA) is 59.3 Å². The van der Waals surface area contributed by atoms with Crippen LogP contribution in [0.5, 0.6) is 5.75 Å². The first-order chi connectivity index (χ1) is 8.11. The third kappa shape index (κ3) is 2.32. The number of rotatable bonds is 2. The Morgan fingerprint density at radius 3 is 2.88 bits per heavy atom. The van der Waals surface area contributed by atoms with E-state index in [1.54, 1.807) is 31.2 Å². The molecule has 0 radical (unpaired) electrons. The van der Waals surface area contributed by atoms with Gasteiger partial charge in [0.25, 0.3) is 6.29 Å². The summed E-state index contributed by atoms with van der Waals surface area (Å²) in [6.45, 7) is 1.65. The smallest absolute Gasteiger partial charge is 0.336 e. The Morgan fingerprint density at radius 1 is 1.53 bits per heavy atom. The van der Waals surface area contributed by atoms with Crippen molar-refractivity contribution in [3.05, 3.63) is 39.9 Å². The van der Waals surface area contributed by atoms with Crippen molar-refractivity contribution in [2.24, 2.45) is 0 Å². The van der Waals surface area contributed by atoms with Crippen LogP contribution in [0.1, 0.15) is 12.5 Å². The number of para-hydroxylation sites is 1. The van der Waals surface area contributed by atoms with Gasteiger partial charge in [-0.1, -0.05) is 6.07 Å². The summed E-state index contributed by atoms with van der Waals surface area (Å²) in [5, 5.41) is 8.95. The molecule has 5 heteroatoms. The molecule has 4 nitrogen and oxygen atoms in total. The summed E-state index contributed by atoms with van der Waals surface area (Å²) >= 11 is 3.29. The molecule has 0 N–H and O–H groups in total. The summed E-state index contributed by atoms with van der Waals surface area (Å²) in [7, 11) is 0. The summed E-state index contributed by atoms with van der Waals surface area (Å²) in [6, 6.07) is 7.14. The zero-order valence-corrected chi connectivity index (χ0v) is 10.5. The fraction of sp³-hybridized carbons (Fsp3) is 0.167. The monoisotopic (exact) mass is 293 g/mol. The SMILES string of the molecule is CC1=CC(Oc2c(Br)cccc2C#N)OC1=O. The van der Waals surface area contributed by atoms with Crippen molar-refractivity contribution in [2.45, 2.75) is 13.2 Å². The second-order valence-corrected chi connectivity index (χ2v) is 4.32. The molecule has 86 valence electrons. The number of carbonyl (C=O) groups is 1. The Hall–Kier alpha value is -1.80. The quantitative estimate of drug-likeness (QED) is 0.786. The van der Waals surface area contributed by atoms with E-state index in [2.05, 4.69) is 15.9 Å². The molecule has 0 fully saturated rings. The molecule has 0 amide bonds. The lowest BCUT2D eigenvalue weighted by Crippen LogP contribution is -2.16. The summed E-state index contributed by atoms with van der Waals surface area (Å²) in [4.78, 5) is 11.2. The summed E-state index contributed by atoms with van der Waals surface area (Å²) in [5.41, 5.74) is 0.883. The third-order valence-electron chi connectivity index (χ3n) is 2.25. The van der Waals surface area contributed by atoms with E-state index in [0.29, 0.717) is 21.4 Å². The number of carbonyl (C=O) groups excluding carboxylic acids is 1. The first kappa shape index (κ1) is 11.7. The lowest BCUT2D eigenvalue weighted by atomic mass is 10.2. The zero-order valence-electron chi connectivity index (χ0n) is 8.94. The van der Waals surface area contributed by atoms with E-state index in [1.807, 2.05) is 6.07 Å². The van der Waals surface area contributed by atoms with Crippen molar-refractivity contribution >= 4 is 21.9 Å². The van der Waals surface area contributed by atoms with E-state index in [1.165, 1.54) is 0 Å². The Labute approximate surface area is 107 Å². The molecule has 17 heavy (non-hydrogen) atoms. The Balaban J connectivity index is 2.26. The Bertz CT molecular complexity index is 545. The maximum absolute atomic E-state index is 11.2. The first-order valence-electron chi connectivity index (χ1n) is 4.86. The largest absolute Gasteiger partial charge is 0.448 e. The van der Waals surface area contributed by atoms with Gasteiger partial charge in [0.05, 0.1) is 10.0 Å². The van der Waals surface area contributed by atoms with E-state index >= 15 is 0 Å². The van der Waals surface area contributed by atoms with Crippen LogP contribution >= 0.6 is 15.9 Å². The predicted molar refractivity (Wildman–Crippen MR) is 63.1 cm³/mol. The summed E-state index contributed by atoms with van der Waals surface area (Å²) in [5.74, 6) is -0.0284. The number of esters is 1. The number of benzene rings is 1. The van der Waals surface area contributed by atoms with E-state index in [9.17, 15) is 4.79 Å². The third-order valence-corrected chi connectivity index (χ3v) is 2.88. The predicted octanol–water partition coefficient (Wildman–Crippen LogP) is 2.53. The van der Waals surface area contributed by atoms with Gasteiger partial charge in [-0.2, -0.15) is 5.26 Å². The molecule has 0 saturated carbocycles. The molecule has 0 bridgehead atoms. The fourth-order valence-corrected chi connectivity index (χ4v) is 1.86. The molecule has 1 aromatic rings. The second-order valence-electron chi connectivity index (χ2n) is 3.47. The number of halogens is 1. The molecular formula is C12H8BrNO3. The highest BCUT2D eigenvalue weighted by Crippen LogP contribution is 2.30. The average Bonchev–Trinajstić information content (AvgIpc) is 2.61. The first-order valence-corrected chi connectivity index (χ1v) is 5.66. The molecule has 0 aromatic heterocycles. The van der Waals surface area contributed by atoms with Crippen LogP contribution < -0.4 is 4.74 Å². The van der Waals surface area contributed by atoms with E-state index in [-0.39, 0.29) is 0 Å². The molecule has 0 aliphatic carbocycles. The van der Waals surface area contributed by atoms with Crippen molar-refractivity contribution in [3.8, 4) is 11.8 Å². The highest BCUT2D eigenvalue weighted by molar-refractivity contribution is 9.10. The number of hydrogen-bond donors (Lipinski definition) is 0. The average molecular weight is 294 g/mol. The van der Waals surface area contributed by atoms with Crippen LogP contribution in [0.2, 0.25) is 0 Å². The molecule has 1 heterocycles. The van der Waals surface area contributed by atoms with Gasteiger partial charge in [0.15, 0.2) is 5.75 Å². The minimum absolute atomic E-state index is 0.374. The van der Waals surface area contributed by atoms with Crippen molar-refractivity contribution < 1.29 is 14.3 Å². The highest BCUT2D eigenvalue weighted by atomic mass is 79.9. The van der Waals surface area contributed by atoms with Gasteiger partial charge < -0.3 is 9.47 Å². The van der Waals surface area contributed by atoms with Crippen LogP contribution in [0, 0.1) is 11.3 Å². The number of nitrogens with zero attached hydrogens (tertiary/aromatic N) is 1. The minimum atomic E-state index is -0.770. The molecule has 2 rings (SSSR count). The summed E-state index contributed by atoms with van der Waals surface area (Å²) < 4.78 is 11.1. The number of nitriles is 1. The molecule has 1 aliphatic rings. The number of cyclic esters (lactones) is 1. The fourth-order valence-electron chi connectivity index (χ4n) is 1.40. The van der Waals surface area contributed by atoms with Gasteiger partial charge in [0.2, 0.25) is 0 Å². The van der Waals surface area contributed by atoms with Crippen LogP contribution in [0.4, 0.5) is 0 Å². The maximum atomic E-state index is 11.2. The van der Waals surface area contributed by atoms with Gasteiger partial charge in [0.1, 0.15) is 6.07 Å². The van der Waals surface area contributed by atoms with Crippen LogP contribution in [0.15, 0.2) is 34.3 Å². The van der Waals surface area contributed by atoms with Crippen molar-refractivity contribution in [1.29, 1.82) is 5.26 Å². The zero-order chi connectivity index (χ0) is 12.4. The minimum Gasteiger partial charge on any atom is -0.448 e. The van der Waals surface area contributed by atoms with Gasteiger partial charge in [-0.15, -0.1) is 0 Å². The van der Waals surface area contributed by atoms with Crippen LogP contribution in [0.25, 0.3) is 0 Å². The normalized spacial score (nSPS) is 18.3. The van der Waals surface area contributed by atoms with E-state index in [4.69, 9.17) is 14.7 Å². The molecule has 1 aromatic carbocycles. The molecule has 0 saturated heterocycles. The maximum Gasteiger partial charge on any atom is 0.336 e. The van der Waals surface area contributed by atoms with Gasteiger partial charge >= 0.3 is 5.97 Å². The lowest BCUT2D eigenvalue weighted by Gasteiger charge is -2.13.